The van der Waals surface area contributed by atoms with Crippen molar-refractivity contribution in [1.82, 2.24) is 0 Å². The molecule has 0 heterocycles. The van der Waals surface area contributed by atoms with Gasteiger partial charge in [0, 0.05) is 0 Å². The summed E-state index contributed by atoms with van der Waals surface area (Å²) in [6, 6.07) is 3.71. The average molecular weight is 194 g/mol. The van der Waals surface area contributed by atoms with Gasteiger partial charge in [-0.2, -0.15) is 0 Å². The number of rotatable bonds is 3. The van der Waals surface area contributed by atoms with Crippen molar-refractivity contribution in [3.05, 3.63) is 28.8 Å². The van der Waals surface area contributed by atoms with E-state index in [1.165, 1.54) is 5.56 Å². The molecule has 1 aromatic rings. The second-order valence-electron chi connectivity index (χ2n) is 3.27. The Kier molecular flexibility index (Phi) is 3.55. The van der Waals surface area contributed by atoms with E-state index in [0.717, 1.165) is 17.5 Å². The molecule has 0 amide bonds. The van der Waals surface area contributed by atoms with E-state index in [-0.39, 0.29) is 0 Å². The molecule has 0 spiro atoms. The molecule has 0 atom stereocenters. The maximum atomic E-state index is 8.68. The van der Waals surface area contributed by atoms with Crippen LogP contribution in [-0.2, 0) is 6.42 Å². The third-order valence-electron chi connectivity index (χ3n) is 2.46. The van der Waals surface area contributed by atoms with E-state index >= 15 is 0 Å². The lowest BCUT2D eigenvalue weighted by Crippen LogP contribution is -2.21. The van der Waals surface area contributed by atoms with Gasteiger partial charge in [0.05, 0.1) is 0 Å². The Morgan fingerprint density at radius 3 is 2.36 bits per heavy atom. The van der Waals surface area contributed by atoms with Crippen molar-refractivity contribution in [2.24, 2.45) is 0 Å². The molecule has 4 heteroatoms. The van der Waals surface area contributed by atoms with Gasteiger partial charge in [-0.15, -0.1) is 0 Å². The van der Waals surface area contributed by atoms with Gasteiger partial charge in [0.25, 0.3) is 0 Å². The summed E-state index contributed by atoms with van der Waals surface area (Å²) in [5.74, 6) is 0.523. The van der Waals surface area contributed by atoms with E-state index in [2.05, 4.69) is 6.92 Å². The largest absolute Gasteiger partial charge is 0.707 e. The van der Waals surface area contributed by atoms with Gasteiger partial charge in [-0.1, -0.05) is 13.0 Å². The van der Waals surface area contributed by atoms with Crippen molar-refractivity contribution in [2.75, 3.05) is 0 Å². The third-order valence-corrected chi connectivity index (χ3v) is 2.46. The molecule has 0 aliphatic rings. The van der Waals surface area contributed by atoms with Crippen LogP contribution in [0.4, 0.5) is 0 Å². The molecule has 0 saturated carbocycles. The highest BCUT2D eigenvalue weighted by molar-refractivity contribution is 6.33. The van der Waals surface area contributed by atoms with Crippen LogP contribution in [0.15, 0.2) is 12.1 Å². The van der Waals surface area contributed by atoms with E-state index in [1.54, 1.807) is 6.07 Å². The van der Waals surface area contributed by atoms with Crippen molar-refractivity contribution in [3.63, 3.8) is 0 Å². The van der Waals surface area contributed by atoms with E-state index in [9.17, 15) is 0 Å². The van der Waals surface area contributed by atoms with Crippen LogP contribution in [0.25, 0.3) is 0 Å². The van der Waals surface area contributed by atoms with Gasteiger partial charge >= 0.3 is 7.32 Å². The molecule has 0 bridgehead atoms. The van der Waals surface area contributed by atoms with Crippen molar-refractivity contribution >= 4 is 7.32 Å². The molecule has 3 nitrogen and oxygen atoms in total. The Morgan fingerprint density at radius 2 is 1.86 bits per heavy atom. The lowest BCUT2D eigenvalue weighted by molar-refractivity contribution is 0.287. The summed E-state index contributed by atoms with van der Waals surface area (Å²) in [6.45, 7) is 6.00. The minimum Gasteiger partial charge on any atom is -0.512 e. The van der Waals surface area contributed by atoms with Gasteiger partial charge in [0.15, 0.2) is 0 Å². The zero-order chi connectivity index (χ0) is 10.7. The number of benzene rings is 1. The predicted molar refractivity (Wildman–Crippen MR) is 56.1 cm³/mol. The maximum absolute atomic E-state index is 8.68. The van der Waals surface area contributed by atoms with Gasteiger partial charge in [-0.25, -0.2) is 0 Å². The van der Waals surface area contributed by atoms with Crippen LogP contribution >= 0.6 is 0 Å². The highest BCUT2D eigenvalue weighted by Crippen LogP contribution is 2.24. The smallest absolute Gasteiger partial charge is 0.512 e. The monoisotopic (exact) mass is 194 g/mol. The molecule has 1 aromatic carbocycles. The van der Waals surface area contributed by atoms with Crippen LogP contribution in [0.5, 0.6) is 5.75 Å². The van der Waals surface area contributed by atoms with Gasteiger partial charge in [0.2, 0.25) is 0 Å². The molecule has 14 heavy (non-hydrogen) atoms. The second kappa shape index (κ2) is 4.48. The highest BCUT2D eigenvalue weighted by atomic mass is 16.6. The predicted octanol–water partition coefficient (Wildman–Crippen LogP) is 1.21. The van der Waals surface area contributed by atoms with Gasteiger partial charge in [-0.3, -0.25) is 0 Å². The SMILES string of the molecule is CCc1ccc(OB(O)O)c(C)c1C. The molecular formula is C10H15BO3. The van der Waals surface area contributed by atoms with Crippen molar-refractivity contribution in [2.45, 2.75) is 27.2 Å². The van der Waals surface area contributed by atoms with Crippen LogP contribution in [0, 0.1) is 13.8 Å². The first-order valence-electron chi connectivity index (χ1n) is 4.68. The summed E-state index contributed by atoms with van der Waals surface area (Å²) in [6.07, 6.45) is 0.967. The quantitative estimate of drug-likeness (QED) is 0.711. The molecule has 0 fully saturated rings. The Bertz CT molecular complexity index is 323. The zero-order valence-corrected chi connectivity index (χ0v) is 8.74. The first-order valence-corrected chi connectivity index (χ1v) is 4.68. The van der Waals surface area contributed by atoms with E-state index in [1.807, 2.05) is 19.9 Å². The minimum atomic E-state index is -1.75. The van der Waals surface area contributed by atoms with E-state index in [0.29, 0.717) is 5.75 Å². The molecule has 0 aromatic heterocycles. The molecule has 0 unspecified atom stereocenters. The Hall–Kier alpha value is -0.995. The Morgan fingerprint density at radius 1 is 1.21 bits per heavy atom. The first-order chi connectivity index (χ1) is 6.56. The first kappa shape index (κ1) is 11.1. The lowest BCUT2D eigenvalue weighted by Gasteiger charge is -2.13. The molecule has 0 aliphatic heterocycles. The van der Waals surface area contributed by atoms with Crippen molar-refractivity contribution in [3.8, 4) is 5.75 Å². The van der Waals surface area contributed by atoms with E-state index < -0.39 is 7.32 Å². The standard InChI is InChI=1S/C10H15BO3/c1-4-9-5-6-10(14-11(12)13)8(3)7(9)2/h5-6,12-13H,4H2,1-3H3. The van der Waals surface area contributed by atoms with Crippen LogP contribution in [0.2, 0.25) is 0 Å². The Balaban J connectivity index is 3.04. The van der Waals surface area contributed by atoms with Gasteiger partial charge in [0.1, 0.15) is 5.75 Å². The Labute approximate surface area is 84.5 Å². The van der Waals surface area contributed by atoms with Crippen LogP contribution in [0.1, 0.15) is 23.6 Å². The van der Waals surface area contributed by atoms with Crippen LogP contribution < -0.4 is 4.65 Å². The van der Waals surface area contributed by atoms with Crippen molar-refractivity contribution in [1.29, 1.82) is 0 Å². The molecule has 76 valence electrons. The normalized spacial score (nSPS) is 10.1. The summed E-state index contributed by atoms with van der Waals surface area (Å²) in [5, 5.41) is 17.4. The second-order valence-corrected chi connectivity index (χ2v) is 3.27. The number of hydrogen-bond donors (Lipinski definition) is 2. The topological polar surface area (TPSA) is 49.7 Å². The average Bonchev–Trinajstić information content (AvgIpc) is 2.13. The van der Waals surface area contributed by atoms with Crippen LogP contribution in [0.3, 0.4) is 0 Å². The molecule has 2 N–H and O–H groups in total. The fourth-order valence-corrected chi connectivity index (χ4v) is 1.48. The lowest BCUT2D eigenvalue weighted by atomic mass is 10.0. The number of aryl methyl sites for hydroxylation is 1. The van der Waals surface area contributed by atoms with Gasteiger partial charge < -0.3 is 14.7 Å². The van der Waals surface area contributed by atoms with Gasteiger partial charge in [-0.05, 0) is 43.0 Å². The van der Waals surface area contributed by atoms with Crippen LogP contribution in [-0.4, -0.2) is 17.4 Å². The fourth-order valence-electron chi connectivity index (χ4n) is 1.48. The summed E-state index contributed by atoms with van der Waals surface area (Å²) < 4.78 is 4.84. The molecule has 0 saturated heterocycles. The summed E-state index contributed by atoms with van der Waals surface area (Å²) in [5.41, 5.74) is 3.35. The molecule has 0 radical (unpaired) electrons. The minimum absolute atomic E-state index is 0.523. The molecule has 1 rings (SSSR count). The summed E-state index contributed by atoms with van der Waals surface area (Å²) in [4.78, 5) is 0. The third kappa shape index (κ3) is 2.27. The van der Waals surface area contributed by atoms with E-state index in [4.69, 9.17) is 14.7 Å². The fraction of sp³-hybridized carbons (Fsp3) is 0.400. The molecular weight excluding hydrogens is 179 g/mol. The summed E-state index contributed by atoms with van der Waals surface area (Å²) in [7, 11) is -1.75. The zero-order valence-electron chi connectivity index (χ0n) is 8.74. The number of hydrogen-bond acceptors (Lipinski definition) is 3. The van der Waals surface area contributed by atoms with Crippen molar-refractivity contribution < 1.29 is 14.7 Å². The molecule has 0 aliphatic carbocycles. The highest BCUT2D eigenvalue weighted by Gasteiger charge is 2.14. The summed E-state index contributed by atoms with van der Waals surface area (Å²) >= 11 is 0. The maximum Gasteiger partial charge on any atom is 0.707 e.